The Bertz CT molecular complexity index is 563. The molecule has 1 saturated heterocycles. The fraction of sp³-hybridized carbons (Fsp3) is 0.667. The fourth-order valence-electron chi connectivity index (χ4n) is 3.01. The maximum atomic E-state index is 4.61. The van der Waals surface area contributed by atoms with Crippen molar-refractivity contribution in [3.8, 4) is 0 Å². The smallest absolute Gasteiger partial charge is 0.194 e. The van der Waals surface area contributed by atoms with E-state index in [0.717, 1.165) is 17.2 Å². The van der Waals surface area contributed by atoms with E-state index in [2.05, 4.69) is 51.9 Å². The molecule has 1 fully saturated rings. The summed E-state index contributed by atoms with van der Waals surface area (Å²) in [5.41, 5.74) is 2.47. The van der Waals surface area contributed by atoms with Crippen LogP contribution in [0.5, 0.6) is 0 Å². The van der Waals surface area contributed by atoms with E-state index in [-0.39, 0.29) is 0 Å². The summed E-state index contributed by atoms with van der Waals surface area (Å²) >= 11 is 1.70. The second-order valence-electron chi connectivity index (χ2n) is 5.98. The number of aryl methyl sites for hydroxylation is 1. The number of piperidine rings is 1. The quantitative estimate of drug-likeness (QED) is 0.940. The second kappa shape index (κ2) is 5.84. The average molecular weight is 292 g/mol. The van der Waals surface area contributed by atoms with E-state index in [1.807, 2.05) is 0 Å². The van der Waals surface area contributed by atoms with Gasteiger partial charge in [-0.1, -0.05) is 0 Å². The van der Waals surface area contributed by atoms with Crippen molar-refractivity contribution in [1.82, 2.24) is 19.6 Å². The number of thiazole rings is 1. The lowest BCUT2D eigenvalue weighted by molar-refractivity contribution is 0.160. The van der Waals surface area contributed by atoms with Crippen LogP contribution in [0.4, 0.5) is 0 Å². The molecule has 0 atom stereocenters. The van der Waals surface area contributed by atoms with Gasteiger partial charge in [-0.3, -0.25) is 4.40 Å². The first kappa shape index (κ1) is 14.0. The standard InChI is InChI=1S/C15H24N4S/c1-11(2)18-6-4-13(5-7-18)16-10-14-12(3)17-15-19(14)8-9-20-15/h8-9,11,13,16H,4-7,10H2,1-3H3. The van der Waals surface area contributed by atoms with Gasteiger partial charge in [0, 0.05) is 30.2 Å². The number of rotatable bonds is 4. The highest BCUT2D eigenvalue weighted by Crippen LogP contribution is 2.18. The van der Waals surface area contributed by atoms with Crippen LogP contribution in [0.2, 0.25) is 0 Å². The molecule has 5 heteroatoms. The van der Waals surface area contributed by atoms with E-state index in [0.29, 0.717) is 12.1 Å². The van der Waals surface area contributed by atoms with Crippen molar-refractivity contribution in [1.29, 1.82) is 0 Å². The van der Waals surface area contributed by atoms with Gasteiger partial charge >= 0.3 is 0 Å². The summed E-state index contributed by atoms with van der Waals surface area (Å²) in [5, 5.41) is 5.83. The summed E-state index contributed by atoms with van der Waals surface area (Å²) in [5.74, 6) is 0. The average Bonchev–Trinajstić information content (AvgIpc) is 2.98. The van der Waals surface area contributed by atoms with Crippen molar-refractivity contribution in [2.45, 2.75) is 52.2 Å². The number of hydrogen-bond donors (Lipinski definition) is 1. The van der Waals surface area contributed by atoms with Gasteiger partial charge in [-0.25, -0.2) is 4.98 Å². The SMILES string of the molecule is Cc1nc2sccn2c1CNC1CCN(C(C)C)CC1. The van der Waals surface area contributed by atoms with Crippen LogP contribution in [-0.4, -0.2) is 39.5 Å². The van der Waals surface area contributed by atoms with Crippen molar-refractivity contribution < 1.29 is 0 Å². The maximum Gasteiger partial charge on any atom is 0.194 e. The number of nitrogens with zero attached hydrogens (tertiary/aromatic N) is 3. The van der Waals surface area contributed by atoms with Gasteiger partial charge in [-0.2, -0.15) is 0 Å². The lowest BCUT2D eigenvalue weighted by Crippen LogP contribution is -2.44. The van der Waals surface area contributed by atoms with E-state index < -0.39 is 0 Å². The summed E-state index contributed by atoms with van der Waals surface area (Å²) < 4.78 is 2.22. The third-order valence-electron chi connectivity index (χ3n) is 4.38. The van der Waals surface area contributed by atoms with Crippen molar-refractivity contribution in [2.24, 2.45) is 0 Å². The molecule has 3 heterocycles. The van der Waals surface area contributed by atoms with Crippen LogP contribution in [0.25, 0.3) is 4.96 Å². The predicted molar refractivity (Wildman–Crippen MR) is 84.4 cm³/mol. The molecule has 1 aliphatic rings. The number of fused-ring (bicyclic) bond motifs is 1. The third kappa shape index (κ3) is 2.75. The number of likely N-dealkylation sites (tertiary alicyclic amines) is 1. The van der Waals surface area contributed by atoms with Gasteiger partial charge < -0.3 is 10.2 Å². The summed E-state index contributed by atoms with van der Waals surface area (Å²) in [6, 6.07) is 1.33. The van der Waals surface area contributed by atoms with Gasteiger partial charge in [-0.15, -0.1) is 11.3 Å². The molecule has 4 nitrogen and oxygen atoms in total. The van der Waals surface area contributed by atoms with E-state index in [4.69, 9.17) is 0 Å². The molecule has 110 valence electrons. The Labute approximate surface area is 124 Å². The van der Waals surface area contributed by atoms with Gasteiger partial charge in [-0.05, 0) is 46.7 Å². The third-order valence-corrected chi connectivity index (χ3v) is 5.14. The minimum absolute atomic E-state index is 0.647. The van der Waals surface area contributed by atoms with Crippen LogP contribution in [0.3, 0.4) is 0 Å². The first-order valence-electron chi connectivity index (χ1n) is 7.53. The molecule has 20 heavy (non-hydrogen) atoms. The summed E-state index contributed by atoms with van der Waals surface area (Å²) in [7, 11) is 0. The zero-order valence-electron chi connectivity index (χ0n) is 12.6. The topological polar surface area (TPSA) is 32.6 Å². The molecule has 1 N–H and O–H groups in total. The van der Waals surface area contributed by atoms with Gasteiger partial charge in [0.2, 0.25) is 0 Å². The van der Waals surface area contributed by atoms with Crippen LogP contribution < -0.4 is 5.32 Å². The van der Waals surface area contributed by atoms with Crippen LogP contribution in [0.1, 0.15) is 38.1 Å². The van der Waals surface area contributed by atoms with Crippen LogP contribution in [-0.2, 0) is 6.54 Å². The molecular weight excluding hydrogens is 268 g/mol. The zero-order valence-corrected chi connectivity index (χ0v) is 13.4. The molecule has 0 unspecified atom stereocenters. The summed E-state index contributed by atoms with van der Waals surface area (Å²) in [6.45, 7) is 10.0. The molecule has 0 bridgehead atoms. The summed E-state index contributed by atoms with van der Waals surface area (Å²) in [4.78, 5) is 8.28. The Balaban J connectivity index is 1.58. The highest BCUT2D eigenvalue weighted by atomic mass is 32.1. The minimum Gasteiger partial charge on any atom is -0.308 e. The van der Waals surface area contributed by atoms with Crippen LogP contribution in [0, 0.1) is 6.92 Å². The Morgan fingerprint density at radius 2 is 2.15 bits per heavy atom. The van der Waals surface area contributed by atoms with Crippen molar-refractivity contribution in [3.05, 3.63) is 23.0 Å². The second-order valence-corrected chi connectivity index (χ2v) is 6.86. The lowest BCUT2D eigenvalue weighted by Gasteiger charge is -2.35. The van der Waals surface area contributed by atoms with E-state index in [1.165, 1.54) is 31.6 Å². The highest BCUT2D eigenvalue weighted by Gasteiger charge is 2.21. The molecule has 3 rings (SSSR count). The molecule has 1 aliphatic heterocycles. The zero-order chi connectivity index (χ0) is 14.1. The Kier molecular flexibility index (Phi) is 4.10. The van der Waals surface area contributed by atoms with Gasteiger partial charge in [0.05, 0.1) is 11.4 Å². The van der Waals surface area contributed by atoms with E-state index >= 15 is 0 Å². The molecule has 0 radical (unpaired) electrons. The Hall–Kier alpha value is -0.910. The van der Waals surface area contributed by atoms with Gasteiger partial charge in [0.25, 0.3) is 0 Å². The molecule has 2 aromatic rings. The first-order valence-corrected chi connectivity index (χ1v) is 8.41. The lowest BCUT2D eigenvalue weighted by atomic mass is 10.0. The molecule has 2 aromatic heterocycles. The normalized spacial score (nSPS) is 18.4. The highest BCUT2D eigenvalue weighted by molar-refractivity contribution is 7.15. The van der Waals surface area contributed by atoms with Crippen LogP contribution in [0.15, 0.2) is 11.6 Å². The number of hydrogen-bond acceptors (Lipinski definition) is 4. The monoisotopic (exact) mass is 292 g/mol. The fourth-order valence-corrected chi connectivity index (χ4v) is 3.79. The van der Waals surface area contributed by atoms with Gasteiger partial charge in [0.1, 0.15) is 0 Å². The van der Waals surface area contributed by atoms with Gasteiger partial charge in [0.15, 0.2) is 4.96 Å². The molecular formula is C15H24N4S. The minimum atomic E-state index is 0.647. The Morgan fingerprint density at radius 1 is 1.40 bits per heavy atom. The summed E-state index contributed by atoms with van der Waals surface area (Å²) in [6.07, 6.45) is 4.63. The molecule has 0 spiro atoms. The van der Waals surface area contributed by atoms with Crippen LogP contribution >= 0.6 is 11.3 Å². The predicted octanol–water partition coefficient (Wildman–Crippen LogP) is 2.67. The van der Waals surface area contributed by atoms with E-state index in [9.17, 15) is 0 Å². The van der Waals surface area contributed by atoms with Crippen molar-refractivity contribution in [2.75, 3.05) is 13.1 Å². The van der Waals surface area contributed by atoms with Crippen molar-refractivity contribution in [3.63, 3.8) is 0 Å². The largest absolute Gasteiger partial charge is 0.308 e. The first-order chi connectivity index (χ1) is 9.65. The molecule has 0 saturated carbocycles. The van der Waals surface area contributed by atoms with Crippen molar-refractivity contribution >= 4 is 16.3 Å². The molecule has 0 aliphatic carbocycles. The maximum absolute atomic E-state index is 4.61. The number of imidazole rings is 1. The Morgan fingerprint density at radius 3 is 2.85 bits per heavy atom. The number of nitrogens with one attached hydrogen (secondary N) is 1. The van der Waals surface area contributed by atoms with E-state index in [1.54, 1.807) is 11.3 Å². The molecule has 0 aromatic carbocycles. The molecule has 0 amide bonds. The number of aromatic nitrogens is 2.